The van der Waals surface area contributed by atoms with Crippen LogP contribution in [-0.2, 0) is 16.1 Å². The van der Waals surface area contributed by atoms with E-state index >= 15 is 0 Å². The lowest BCUT2D eigenvalue weighted by atomic mass is 9.89. The van der Waals surface area contributed by atoms with E-state index in [9.17, 15) is 9.90 Å². The van der Waals surface area contributed by atoms with Gasteiger partial charge in [0.2, 0.25) is 0 Å². The minimum Gasteiger partial charge on any atom is -0.488 e. The SMILES string of the molecule is COCC1CNC(C(=O)O)c2[nH]c3cccc(OCc4ccccc4)c3c21. The minimum absolute atomic E-state index is 0.0517. The van der Waals surface area contributed by atoms with Crippen LogP contribution in [-0.4, -0.2) is 36.3 Å². The summed E-state index contributed by atoms with van der Waals surface area (Å²) in [5.41, 5.74) is 3.61. The fourth-order valence-electron chi connectivity index (χ4n) is 3.79. The van der Waals surface area contributed by atoms with Crippen LogP contribution >= 0.6 is 0 Å². The van der Waals surface area contributed by atoms with Crippen LogP contribution in [0, 0.1) is 0 Å². The van der Waals surface area contributed by atoms with Gasteiger partial charge in [-0.3, -0.25) is 10.1 Å². The number of carboxylic acids is 1. The van der Waals surface area contributed by atoms with Crippen LogP contribution in [0.3, 0.4) is 0 Å². The Hall–Kier alpha value is -2.83. The standard InChI is InChI=1S/C21H22N2O4/c1-26-12-14-10-22-20(21(24)25)19-17(14)18-15(23-19)8-5-9-16(18)27-11-13-6-3-2-4-7-13/h2-9,14,20,22-23H,10-12H2,1H3,(H,24,25). The van der Waals surface area contributed by atoms with Crippen molar-refractivity contribution < 1.29 is 19.4 Å². The fourth-order valence-corrected chi connectivity index (χ4v) is 3.79. The van der Waals surface area contributed by atoms with E-state index in [0.29, 0.717) is 25.5 Å². The summed E-state index contributed by atoms with van der Waals surface area (Å²) in [6, 6.07) is 15.0. The molecular weight excluding hydrogens is 344 g/mol. The molecule has 1 aliphatic heterocycles. The number of aliphatic carboxylic acids is 1. The molecule has 3 N–H and O–H groups in total. The molecule has 1 aliphatic rings. The van der Waals surface area contributed by atoms with Crippen molar-refractivity contribution in [3.05, 3.63) is 65.4 Å². The molecule has 6 heteroatoms. The minimum atomic E-state index is -0.898. The van der Waals surface area contributed by atoms with Crippen molar-refractivity contribution in [3.63, 3.8) is 0 Å². The van der Waals surface area contributed by atoms with Gasteiger partial charge in [-0.05, 0) is 23.3 Å². The van der Waals surface area contributed by atoms with Crippen molar-refractivity contribution in [1.29, 1.82) is 0 Å². The van der Waals surface area contributed by atoms with E-state index in [1.807, 2.05) is 48.5 Å². The molecule has 0 radical (unpaired) electrons. The highest BCUT2D eigenvalue weighted by Crippen LogP contribution is 2.40. The zero-order chi connectivity index (χ0) is 18.8. The Morgan fingerprint density at radius 2 is 2.00 bits per heavy atom. The highest BCUT2D eigenvalue weighted by atomic mass is 16.5. The average Bonchev–Trinajstić information content (AvgIpc) is 3.07. The smallest absolute Gasteiger partial charge is 0.326 e. The van der Waals surface area contributed by atoms with E-state index in [0.717, 1.165) is 27.8 Å². The quantitative estimate of drug-likeness (QED) is 0.624. The summed E-state index contributed by atoms with van der Waals surface area (Å²) in [6.45, 7) is 1.50. The molecule has 1 aromatic heterocycles. The highest BCUT2D eigenvalue weighted by Gasteiger charge is 2.35. The van der Waals surface area contributed by atoms with Gasteiger partial charge in [-0.25, -0.2) is 0 Å². The number of carboxylic acid groups (broad SMARTS) is 1. The number of aromatic nitrogens is 1. The number of ether oxygens (including phenoxy) is 2. The van der Waals surface area contributed by atoms with Gasteiger partial charge in [-0.1, -0.05) is 36.4 Å². The molecule has 3 aromatic rings. The second kappa shape index (κ2) is 7.42. The first-order valence-electron chi connectivity index (χ1n) is 8.95. The molecular formula is C21H22N2O4. The van der Waals surface area contributed by atoms with E-state index in [1.165, 1.54) is 0 Å². The van der Waals surface area contributed by atoms with Crippen molar-refractivity contribution in [2.45, 2.75) is 18.6 Å². The number of methoxy groups -OCH3 is 1. The summed E-state index contributed by atoms with van der Waals surface area (Å²) in [7, 11) is 1.66. The zero-order valence-corrected chi connectivity index (χ0v) is 15.1. The summed E-state index contributed by atoms with van der Waals surface area (Å²) in [5, 5.41) is 13.6. The monoisotopic (exact) mass is 366 g/mol. The largest absolute Gasteiger partial charge is 0.488 e. The molecule has 2 unspecified atom stereocenters. The molecule has 4 rings (SSSR count). The Bertz CT molecular complexity index is 951. The van der Waals surface area contributed by atoms with Gasteiger partial charge < -0.3 is 19.6 Å². The van der Waals surface area contributed by atoms with Crippen molar-refractivity contribution >= 4 is 16.9 Å². The van der Waals surface area contributed by atoms with Crippen LogP contribution in [0.2, 0.25) is 0 Å². The van der Waals surface area contributed by atoms with Gasteiger partial charge in [0, 0.05) is 36.2 Å². The molecule has 0 amide bonds. The molecule has 0 saturated heterocycles. The van der Waals surface area contributed by atoms with Crippen LogP contribution in [0.15, 0.2) is 48.5 Å². The average molecular weight is 366 g/mol. The molecule has 2 atom stereocenters. The van der Waals surface area contributed by atoms with Crippen LogP contribution in [0.4, 0.5) is 0 Å². The van der Waals surface area contributed by atoms with Gasteiger partial charge in [0.05, 0.1) is 6.61 Å². The topological polar surface area (TPSA) is 83.6 Å². The molecule has 0 aliphatic carbocycles. The van der Waals surface area contributed by atoms with Crippen molar-refractivity contribution in [3.8, 4) is 5.75 Å². The Morgan fingerprint density at radius 3 is 2.74 bits per heavy atom. The molecule has 0 saturated carbocycles. The lowest BCUT2D eigenvalue weighted by Gasteiger charge is -2.28. The fraction of sp³-hybridized carbons (Fsp3) is 0.286. The normalized spacial score (nSPS) is 19.0. The van der Waals surface area contributed by atoms with Gasteiger partial charge in [-0.2, -0.15) is 0 Å². The van der Waals surface area contributed by atoms with Crippen LogP contribution in [0.1, 0.15) is 28.8 Å². The number of nitrogens with one attached hydrogen (secondary N) is 2. The maximum Gasteiger partial charge on any atom is 0.326 e. The third kappa shape index (κ3) is 3.29. The maximum absolute atomic E-state index is 11.7. The Morgan fingerprint density at radius 1 is 1.19 bits per heavy atom. The summed E-state index contributed by atoms with van der Waals surface area (Å²) in [6.07, 6.45) is 0. The predicted octanol–water partition coefficient (Wildman–Crippen LogP) is 3.21. The lowest BCUT2D eigenvalue weighted by Crippen LogP contribution is -2.38. The Kier molecular flexibility index (Phi) is 4.83. The van der Waals surface area contributed by atoms with Crippen LogP contribution in [0.25, 0.3) is 10.9 Å². The third-order valence-electron chi connectivity index (χ3n) is 4.97. The molecule has 2 aromatic carbocycles. The Balaban J connectivity index is 1.78. The molecule has 0 fully saturated rings. The lowest BCUT2D eigenvalue weighted by molar-refractivity contribution is -0.140. The first-order valence-corrected chi connectivity index (χ1v) is 8.95. The van der Waals surface area contributed by atoms with Crippen LogP contribution < -0.4 is 10.1 Å². The number of fused-ring (bicyclic) bond motifs is 3. The van der Waals surface area contributed by atoms with Gasteiger partial charge >= 0.3 is 5.97 Å². The second-order valence-electron chi connectivity index (χ2n) is 6.74. The van der Waals surface area contributed by atoms with E-state index in [4.69, 9.17) is 9.47 Å². The molecule has 0 spiro atoms. The van der Waals surface area contributed by atoms with Crippen molar-refractivity contribution in [1.82, 2.24) is 10.3 Å². The molecule has 2 heterocycles. The number of carbonyl (C=O) groups is 1. The molecule has 140 valence electrons. The van der Waals surface area contributed by atoms with E-state index < -0.39 is 12.0 Å². The van der Waals surface area contributed by atoms with Gasteiger partial charge in [-0.15, -0.1) is 0 Å². The predicted molar refractivity (Wildman–Crippen MR) is 102 cm³/mol. The summed E-state index contributed by atoms with van der Waals surface area (Å²) >= 11 is 0. The Labute approximate surface area is 157 Å². The first kappa shape index (κ1) is 17.6. The number of hydrogen-bond donors (Lipinski definition) is 3. The third-order valence-corrected chi connectivity index (χ3v) is 4.97. The van der Waals surface area contributed by atoms with Gasteiger partial charge in [0.1, 0.15) is 18.4 Å². The maximum atomic E-state index is 11.7. The summed E-state index contributed by atoms with van der Waals surface area (Å²) in [5.74, 6) is -0.0951. The molecule has 6 nitrogen and oxygen atoms in total. The van der Waals surface area contributed by atoms with E-state index in [-0.39, 0.29) is 5.92 Å². The number of aromatic amines is 1. The van der Waals surface area contributed by atoms with Gasteiger partial charge in [0.25, 0.3) is 0 Å². The highest BCUT2D eigenvalue weighted by molar-refractivity contribution is 5.93. The number of hydrogen-bond acceptors (Lipinski definition) is 4. The second-order valence-corrected chi connectivity index (χ2v) is 6.74. The molecule has 27 heavy (non-hydrogen) atoms. The first-order chi connectivity index (χ1) is 13.2. The van der Waals surface area contributed by atoms with Crippen molar-refractivity contribution in [2.24, 2.45) is 0 Å². The zero-order valence-electron chi connectivity index (χ0n) is 15.1. The summed E-state index contributed by atoms with van der Waals surface area (Å²) < 4.78 is 11.5. The van der Waals surface area contributed by atoms with E-state index in [2.05, 4.69) is 10.3 Å². The molecule has 0 bridgehead atoms. The number of benzene rings is 2. The number of rotatable bonds is 6. The van der Waals surface area contributed by atoms with E-state index in [1.54, 1.807) is 7.11 Å². The number of H-pyrrole nitrogens is 1. The van der Waals surface area contributed by atoms with Crippen LogP contribution in [0.5, 0.6) is 5.75 Å². The van der Waals surface area contributed by atoms with Crippen molar-refractivity contribution in [2.75, 3.05) is 20.3 Å². The van der Waals surface area contributed by atoms with Gasteiger partial charge in [0.15, 0.2) is 0 Å². The summed E-state index contributed by atoms with van der Waals surface area (Å²) in [4.78, 5) is 15.0.